The van der Waals surface area contributed by atoms with Gasteiger partial charge in [0.2, 0.25) is 0 Å². The van der Waals surface area contributed by atoms with Crippen LogP contribution in [0.15, 0.2) is 18.2 Å². The van der Waals surface area contributed by atoms with E-state index in [9.17, 15) is 14.3 Å². The normalized spacial score (nSPS) is 26.2. The van der Waals surface area contributed by atoms with E-state index in [4.69, 9.17) is 0 Å². The minimum absolute atomic E-state index is 0.0132. The average Bonchev–Trinajstić information content (AvgIpc) is 2.84. The third-order valence-electron chi connectivity index (χ3n) is 4.43. The molecule has 2 atom stereocenters. The molecule has 20 heavy (non-hydrogen) atoms. The van der Waals surface area contributed by atoms with Gasteiger partial charge in [-0.05, 0) is 37.9 Å². The Morgan fingerprint density at radius 3 is 2.95 bits per heavy atom. The molecule has 2 N–H and O–H groups in total. The van der Waals surface area contributed by atoms with Gasteiger partial charge < -0.3 is 10.4 Å². The number of fused-ring (bicyclic) bond motifs is 1. The molecule has 0 saturated carbocycles. The summed E-state index contributed by atoms with van der Waals surface area (Å²) in [6, 6.07) is 4.74. The van der Waals surface area contributed by atoms with E-state index in [1.54, 1.807) is 0 Å². The second-order valence-electron chi connectivity index (χ2n) is 5.61. The van der Waals surface area contributed by atoms with Gasteiger partial charge in [-0.15, -0.1) is 0 Å². The Bertz CT molecular complexity index is 521. The van der Waals surface area contributed by atoms with E-state index < -0.39 is 11.8 Å². The summed E-state index contributed by atoms with van der Waals surface area (Å²) in [5.74, 6) is -1.58. The molecule has 2 fully saturated rings. The molecule has 5 heteroatoms. The number of nitrogens with zero attached hydrogens (tertiary/aromatic N) is 1. The maximum absolute atomic E-state index is 13.9. The summed E-state index contributed by atoms with van der Waals surface area (Å²) < 4.78 is 13.9. The number of piperidine rings is 1. The van der Waals surface area contributed by atoms with Gasteiger partial charge in [0.1, 0.15) is 5.82 Å². The van der Waals surface area contributed by atoms with E-state index >= 15 is 0 Å². The Morgan fingerprint density at radius 1 is 1.30 bits per heavy atom. The summed E-state index contributed by atoms with van der Waals surface area (Å²) >= 11 is 0. The molecule has 2 aliphatic rings. The molecule has 2 aliphatic heterocycles. The third-order valence-corrected chi connectivity index (χ3v) is 4.43. The molecule has 2 saturated heterocycles. The van der Waals surface area contributed by atoms with Crippen molar-refractivity contribution in [1.29, 1.82) is 0 Å². The Balaban J connectivity index is 1.83. The van der Waals surface area contributed by atoms with Crippen molar-refractivity contribution < 1.29 is 14.3 Å². The van der Waals surface area contributed by atoms with Gasteiger partial charge in [-0.2, -0.15) is 0 Å². The number of rotatable bonds is 3. The van der Waals surface area contributed by atoms with Gasteiger partial charge in [0.25, 0.3) is 0 Å². The predicted molar refractivity (Wildman–Crippen MR) is 74.6 cm³/mol. The Hall–Kier alpha value is -1.62. The zero-order valence-electron chi connectivity index (χ0n) is 11.3. The monoisotopic (exact) mass is 278 g/mol. The lowest BCUT2D eigenvalue weighted by Crippen LogP contribution is -2.42. The van der Waals surface area contributed by atoms with Crippen LogP contribution in [0.5, 0.6) is 0 Å². The summed E-state index contributed by atoms with van der Waals surface area (Å²) in [4.78, 5) is 13.6. The van der Waals surface area contributed by atoms with E-state index in [1.807, 2.05) is 0 Å². The van der Waals surface area contributed by atoms with Crippen LogP contribution in [-0.4, -0.2) is 41.1 Å². The highest BCUT2D eigenvalue weighted by Gasteiger charge is 2.36. The number of nitrogens with one attached hydrogen (secondary N) is 1. The van der Waals surface area contributed by atoms with Crippen LogP contribution in [0.3, 0.4) is 0 Å². The van der Waals surface area contributed by atoms with Crippen molar-refractivity contribution in [2.45, 2.75) is 37.8 Å². The molecule has 108 valence electrons. The van der Waals surface area contributed by atoms with Crippen molar-refractivity contribution >= 4 is 11.7 Å². The van der Waals surface area contributed by atoms with E-state index in [1.165, 1.54) is 31.0 Å². The number of hydrogen-bond donors (Lipinski definition) is 2. The summed E-state index contributed by atoms with van der Waals surface area (Å²) in [5, 5.41) is 12.3. The Morgan fingerprint density at radius 2 is 2.15 bits per heavy atom. The molecule has 1 aromatic rings. The van der Waals surface area contributed by atoms with Crippen molar-refractivity contribution in [3.63, 3.8) is 0 Å². The number of benzene rings is 1. The molecule has 0 radical (unpaired) electrons. The molecule has 0 bridgehead atoms. The lowest BCUT2D eigenvalue weighted by atomic mass is 9.98. The zero-order valence-corrected chi connectivity index (χ0v) is 11.3. The largest absolute Gasteiger partial charge is 0.478 e. The Kier molecular flexibility index (Phi) is 3.61. The molecular weight excluding hydrogens is 259 g/mol. The highest BCUT2D eigenvalue weighted by molar-refractivity contribution is 5.94. The van der Waals surface area contributed by atoms with Crippen molar-refractivity contribution in [3.8, 4) is 0 Å². The minimum atomic E-state index is -1.09. The van der Waals surface area contributed by atoms with Gasteiger partial charge in [-0.25, -0.2) is 9.18 Å². The average molecular weight is 278 g/mol. The molecule has 0 aliphatic carbocycles. The fourth-order valence-corrected chi connectivity index (χ4v) is 3.45. The lowest BCUT2D eigenvalue weighted by Gasteiger charge is -2.33. The van der Waals surface area contributed by atoms with Crippen LogP contribution >= 0.6 is 0 Å². The van der Waals surface area contributed by atoms with Crippen LogP contribution < -0.4 is 5.32 Å². The highest BCUT2D eigenvalue weighted by Crippen LogP contribution is 2.31. The standard InChI is InChI=1S/C15H19FN2O2/c16-11-5-3-4-10(15(19)20)14(11)17-12-7-9-18-8-2-1-6-13(12)18/h3-5,12-13,17H,1-2,6-9H2,(H,19,20). The second-order valence-corrected chi connectivity index (χ2v) is 5.61. The van der Waals surface area contributed by atoms with Gasteiger partial charge in [0.05, 0.1) is 11.3 Å². The summed E-state index contributed by atoms with van der Waals surface area (Å²) in [7, 11) is 0. The first kappa shape index (κ1) is 13.4. The molecule has 2 heterocycles. The number of hydrogen-bond acceptors (Lipinski definition) is 3. The van der Waals surface area contributed by atoms with Crippen molar-refractivity contribution in [2.24, 2.45) is 0 Å². The maximum atomic E-state index is 13.9. The Labute approximate surface area is 117 Å². The molecule has 2 unspecified atom stereocenters. The van der Waals surface area contributed by atoms with E-state index in [-0.39, 0.29) is 17.3 Å². The van der Waals surface area contributed by atoms with Crippen LogP contribution in [-0.2, 0) is 0 Å². The van der Waals surface area contributed by atoms with Gasteiger partial charge in [0, 0.05) is 18.6 Å². The number of aromatic carboxylic acids is 1. The minimum Gasteiger partial charge on any atom is -0.478 e. The molecule has 0 aromatic heterocycles. The van der Waals surface area contributed by atoms with Crippen LogP contribution in [0.1, 0.15) is 36.0 Å². The molecule has 0 spiro atoms. The first-order chi connectivity index (χ1) is 9.66. The summed E-state index contributed by atoms with van der Waals surface area (Å²) in [5.41, 5.74) is 0.150. The topological polar surface area (TPSA) is 52.6 Å². The fraction of sp³-hybridized carbons (Fsp3) is 0.533. The van der Waals surface area contributed by atoms with Crippen LogP contribution in [0.2, 0.25) is 0 Å². The van der Waals surface area contributed by atoms with Crippen molar-refractivity contribution in [3.05, 3.63) is 29.6 Å². The number of carboxylic acids is 1. The predicted octanol–water partition coefficient (Wildman–Crippen LogP) is 2.56. The lowest BCUT2D eigenvalue weighted by molar-refractivity contribution is 0.0697. The summed E-state index contributed by atoms with van der Waals surface area (Å²) in [6.45, 7) is 2.12. The van der Waals surface area contributed by atoms with E-state index in [2.05, 4.69) is 10.2 Å². The van der Waals surface area contributed by atoms with Crippen molar-refractivity contribution in [2.75, 3.05) is 18.4 Å². The van der Waals surface area contributed by atoms with E-state index in [0.717, 1.165) is 25.9 Å². The maximum Gasteiger partial charge on any atom is 0.337 e. The fourth-order valence-electron chi connectivity index (χ4n) is 3.45. The van der Waals surface area contributed by atoms with Crippen LogP contribution in [0.25, 0.3) is 0 Å². The molecule has 1 aromatic carbocycles. The van der Waals surface area contributed by atoms with Gasteiger partial charge >= 0.3 is 5.97 Å². The first-order valence-electron chi connectivity index (χ1n) is 7.19. The highest BCUT2D eigenvalue weighted by atomic mass is 19.1. The molecule has 0 amide bonds. The van der Waals surface area contributed by atoms with Crippen LogP contribution in [0, 0.1) is 5.82 Å². The number of anilines is 1. The second kappa shape index (κ2) is 5.40. The van der Waals surface area contributed by atoms with Gasteiger partial charge in [0.15, 0.2) is 0 Å². The SMILES string of the molecule is O=C(O)c1cccc(F)c1NC1CCN2CCCCC12. The number of para-hydroxylation sites is 1. The quantitative estimate of drug-likeness (QED) is 0.892. The van der Waals surface area contributed by atoms with E-state index in [0.29, 0.717) is 6.04 Å². The molecular formula is C15H19FN2O2. The van der Waals surface area contributed by atoms with Crippen LogP contribution in [0.4, 0.5) is 10.1 Å². The molecule has 4 nitrogen and oxygen atoms in total. The molecule has 3 rings (SSSR count). The van der Waals surface area contributed by atoms with Gasteiger partial charge in [-0.3, -0.25) is 4.90 Å². The zero-order chi connectivity index (χ0) is 14.1. The van der Waals surface area contributed by atoms with Crippen molar-refractivity contribution in [1.82, 2.24) is 4.90 Å². The first-order valence-corrected chi connectivity index (χ1v) is 7.19. The smallest absolute Gasteiger partial charge is 0.337 e. The number of carbonyl (C=O) groups is 1. The summed E-state index contributed by atoms with van der Waals surface area (Å²) in [6.07, 6.45) is 4.47. The van der Waals surface area contributed by atoms with Gasteiger partial charge in [-0.1, -0.05) is 12.5 Å². The number of carboxylic acid groups (broad SMARTS) is 1. The third kappa shape index (κ3) is 2.38. The number of halogens is 1.